The summed E-state index contributed by atoms with van der Waals surface area (Å²) in [6.45, 7) is 5.63. The van der Waals surface area contributed by atoms with Gasteiger partial charge in [0.2, 0.25) is 0 Å². The minimum atomic E-state index is -0.0108. The fraction of sp³-hybridized carbons (Fsp3) is 0.421. The van der Waals surface area contributed by atoms with E-state index in [9.17, 15) is 4.79 Å². The molecule has 4 heterocycles. The van der Waals surface area contributed by atoms with Crippen molar-refractivity contribution in [3.63, 3.8) is 0 Å². The summed E-state index contributed by atoms with van der Waals surface area (Å²) in [6, 6.07) is 6.39. The zero-order chi connectivity index (χ0) is 17.4. The van der Waals surface area contributed by atoms with Crippen LogP contribution in [0.2, 0.25) is 0 Å². The van der Waals surface area contributed by atoms with Gasteiger partial charge in [0.05, 0.1) is 11.7 Å². The Morgan fingerprint density at radius 2 is 2.20 bits per heavy atom. The number of aromatic nitrogens is 4. The SMILES string of the molecule is Cc1nc2cc(C3CCCCN3Cc3cccnc3)[nH]n2c(=O)c1C. The summed E-state index contributed by atoms with van der Waals surface area (Å²) in [7, 11) is 0. The molecule has 3 aromatic heterocycles. The number of hydrogen-bond donors (Lipinski definition) is 1. The molecule has 0 spiro atoms. The van der Waals surface area contributed by atoms with Crippen LogP contribution in [0.5, 0.6) is 0 Å². The van der Waals surface area contributed by atoms with Gasteiger partial charge in [-0.3, -0.25) is 19.8 Å². The lowest BCUT2D eigenvalue weighted by Gasteiger charge is -2.35. The molecule has 6 heteroatoms. The Kier molecular flexibility index (Phi) is 4.13. The molecule has 0 aliphatic carbocycles. The van der Waals surface area contributed by atoms with Crippen molar-refractivity contribution in [2.24, 2.45) is 0 Å². The van der Waals surface area contributed by atoms with Crippen molar-refractivity contribution in [2.45, 2.75) is 45.7 Å². The fourth-order valence-corrected chi connectivity index (χ4v) is 3.67. The third-order valence-corrected chi connectivity index (χ3v) is 5.18. The van der Waals surface area contributed by atoms with Crippen molar-refractivity contribution in [3.05, 3.63) is 63.5 Å². The summed E-state index contributed by atoms with van der Waals surface area (Å²) >= 11 is 0. The Hall–Kier alpha value is -2.47. The molecule has 0 bridgehead atoms. The van der Waals surface area contributed by atoms with Gasteiger partial charge in [-0.25, -0.2) is 9.50 Å². The molecule has 130 valence electrons. The Bertz CT molecular complexity index is 944. The quantitative estimate of drug-likeness (QED) is 0.798. The second kappa shape index (κ2) is 6.44. The normalized spacial score (nSPS) is 18.7. The molecule has 1 fully saturated rings. The van der Waals surface area contributed by atoms with E-state index in [1.165, 1.54) is 18.4 Å². The van der Waals surface area contributed by atoms with Crippen LogP contribution >= 0.6 is 0 Å². The number of rotatable bonds is 3. The van der Waals surface area contributed by atoms with Crippen LogP contribution in [0.25, 0.3) is 5.65 Å². The highest BCUT2D eigenvalue weighted by Crippen LogP contribution is 2.31. The molecule has 0 saturated carbocycles. The summed E-state index contributed by atoms with van der Waals surface area (Å²) in [5.74, 6) is 0. The maximum atomic E-state index is 12.5. The highest BCUT2D eigenvalue weighted by Gasteiger charge is 2.26. The first-order chi connectivity index (χ1) is 12.1. The maximum Gasteiger partial charge on any atom is 0.275 e. The number of nitrogens with one attached hydrogen (secondary N) is 1. The number of hydrogen-bond acceptors (Lipinski definition) is 4. The van der Waals surface area contributed by atoms with E-state index in [0.29, 0.717) is 11.2 Å². The highest BCUT2D eigenvalue weighted by atomic mass is 16.1. The topological polar surface area (TPSA) is 66.3 Å². The van der Waals surface area contributed by atoms with E-state index in [2.05, 4.69) is 26.0 Å². The summed E-state index contributed by atoms with van der Waals surface area (Å²) < 4.78 is 1.58. The van der Waals surface area contributed by atoms with E-state index in [0.717, 1.165) is 30.9 Å². The van der Waals surface area contributed by atoms with Crippen molar-refractivity contribution in [1.82, 2.24) is 24.5 Å². The van der Waals surface area contributed by atoms with E-state index in [1.54, 1.807) is 10.7 Å². The van der Waals surface area contributed by atoms with Crippen molar-refractivity contribution in [3.8, 4) is 0 Å². The molecule has 1 unspecified atom stereocenters. The zero-order valence-corrected chi connectivity index (χ0v) is 14.7. The van der Waals surface area contributed by atoms with Gasteiger partial charge in [0.25, 0.3) is 5.56 Å². The number of aryl methyl sites for hydroxylation is 1. The van der Waals surface area contributed by atoms with Gasteiger partial charge in [-0.15, -0.1) is 0 Å². The molecular weight excluding hydrogens is 314 g/mol. The minimum Gasteiger partial charge on any atom is -0.292 e. The first kappa shape index (κ1) is 16.0. The molecule has 6 nitrogen and oxygen atoms in total. The fourth-order valence-electron chi connectivity index (χ4n) is 3.67. The van der Waals surface area contributed by atoms with Crippen LogP contribution in [0, 0.1) is 13.8 Å². The monoisotopic (exact) mass is 337 g/mol. The lowest BCUT2D eigenvalue weighted by atomic mass is 9.99. The number of pyridine rings is 1. The first-order valence-electron chi connectivity index (χ1n) is 8.85. The van der Waals surface area contributed by atoms with Gasteiger partial charge < -0.3 is 0 Å². The second-order valence-electron chi connectivity index (χ2n) is 6.88. The van der Waals surface area contributed by atoms with E-state index in [4.69, 9.17) is 0 Å². The van der Waals surface area contributed by atoms with E-state index in [1.807, 2.05) is 32.2 Å². The largest absolute Gasteiger partial charge is 0.292 e. The standard InChI is InChI=1S/C19H23N5O/c1-13-14(2)21-18-10-16(22-24(18)19(13)25)17-7-3-4-9-23(17)12-15-6-5-8-20-11-15/h5-6,8,10-11,17,22H,3-4,7,9,12H2,1-2H3. The van der Waals surface area contributed by atoms with Crippen LogP contribution < -0.4 is 5.56 Å². The maximum absolute atomic E-state index is 12.5. The molecule has 1 aliphatic heterocycles. The number of piperidine rings is 1. The molecule has 1 saturated heterocycles. The number of aromatic amines is 1. The molecule has 25 heavy (non-hydrogen) atoms. The summed E-state index contributed by atoms with van der Waals surface area (Å²) in [6.07, 6.45) is 7.21. The molecule has 0 aromatic carbocycles. The highest BCUT2D eigenvalue weighted by molar-refractivity contribution is 5.42. The van der Waals surface area contributed by atoms with Crippen molar-refractivity contribution in [2.75, 3.05) is 6.54 Å². The summed E-state index contributed by atoms with van der Waals surface area (Å²) in [4.78, 5) is 23.7. The lowest BCUT2D eigenvalue weighted by molar-refractivity contribution is 0.137. The first-order valence-corrected chi connectivity index (χ1v) is 8.85. The Morgan fingerprint density at radius 3 is 3.00 bits per heavy atom. The van der Waals surface area contributed by atoms with Crippen LogP contribution in [0.1, 0.15) is 47.8 Å². The third-order valence-electron chi connectivity index (χ3n) is 5.18. The van der Waals surface area contributed by atoms with E-state index >= 15 is 0 Å². The molecule has 0 radical (unpaired) electrons. The van der Waals surface area contributed by atoms with Crippen LogP contribution in [-0.2, 0) is 6.54 Å². The van der Waals surface area contributed by atoms with E-state index in [-0.39, 0.29) is 11.6 Å². The molecule has 1 N–H and O–H groups in total. The molecule has 1 aliphatic rings. The average Bonchev–Trinajstić information content (AvgIpc) is 3.05. The van der Waals surface area contributed by atoms with Crippen LogP contribution in [0.15, 0.2) is 35.4 Å². The zero-order valence-electron chi connectivity index (χ0n) is 14.7. The number of likely N-dealkylation sites (tertiary alicyclic amines) is 1. The van der Waals surface area contributed by atoms with Gasteiger partial charge in [0.15, 0.2) is 5.65 Å². The molecule has 3 aromatic rings. The van der Waals surface area contributed by atoms with Gasteiger partial charge in [0, 0.05) is 36.3 Å². The van der Waals surface area contributed by atoms with Crippen molar-refractivity contribution < 1.29 is 0 Å². The van der Waals surface area contributed by atoms with Gasteiger partial charge in [0.1, 0.15) is 0 Å². The predicted octanol–water partition coefficient (Wildman–Crippen LogP) is 2.76. The van der Waals surface area contributed by atoms with E-state index < -0.39 is 0 Å². The summed E-state index contributed by atoms with van der Waals surface area (Å²) in [5, 5.41) is 3.30. The Labute approximate surface area is 146 Å². The average molecular weight is 337 g/mol. The van der Waals surface area contributed by atoms with Crippen LogP contribution in [0.4, 0.5) is 0 Å². The molecule has 4 rings (SSSR count). The van der Waals surface area contributed by atoms with Gasteiger partial charge in [-0.2, -0.15) is 0 Å². The second-order valence-corrected chi connectivity index (χ2v) is 6.88. The minimum absolute atomic E-state index is 0.0108. The number of fused-ring (bicyclic) bond motifs is 1. The summed E-state index contributed by atoms with van der Waals surface area (Å²) in [5.41, 5.74) is 4.47. The smallest absolute Gasteiger partial charge is 0.275 e. The van der Waals surface area contributed by atoms with Crippen molar-refractivity contribution >= 4 is 5.65 Å². The van der Waals surface area contributed by atoms with Gasteiger partial charge in [-0.05, 0) is 44.9 Å². The Balaban J connectivity index is 1.70. The number of nitrogens with zero attached hydrogens (tertiary/aromatic N) is 4. The number of H-pyrrole nitrogens is 1. The Morgan fingerprint density at radius 1 is 1.32 bits per heavy atom. The lowest BCUT2D eigenvalue weighted by Crippen LogP contribution is -2.33. The third kappa shape index (κ3) is 2.98. The predicted molar refractivity (Wildman–Crippen MR) is 96.5 cm³/mol. The van der Waals surface area contributed by atoms with Gasteiger partial charge in [-0.1, -0.05) is 12.5 Å². The van der Waals surface area contributed by atoms with Gasteiger partial charge >= 0.3 is 0 Å². The van der Waals surface area contributed by atoms with Crippen LogP contribution in [0.3, 0.4) is 0 Å². The van der Waals surface area contributed by atoms with Crippen molar-refractivity contribution in [1.29, 1.82) is 0 Å². The molecule has 1 atom stereocenters. The van der Waals surface area contributed by atoms with Crippen LogP contribution in [-0.4, -0.2) is 31.0 Å². The molecular formula is C19H23N5O. The molecule has 0 amide bonds.